The van der Waals surface area contributed by atoms with Crippen molar-refractivity contribution in [2.45, 2.75) is 58.7 Å². The molecule has 0 spiro atoms. The third-order valence-electron chi connectivity index (χ3n) is 6.88. The summed E-state index contributed by atoms with van der Waals surface area (Å²) >= 11 is 0. The molecule has 4 rings (SSSR count). The highest BCUT2D eigenvalue weighted by Crippen LogP contribution is 2.23. The fourth-order valence-electron chi connectivity index (χ4n) is 4.78. The molecule has 0 N–H and O–H groups in total. The van der Waals surface area contributed by atoms with E-state index in [0.717, 1.165) is 24.0 Å². The standard InChI is InChI=1S/C26H31F2N3O3/c1-16-14-30(6-7-31(16)26(33)25-5-4-8-34-25)15-21-10-22(27)9-19(17(21)2)12-24(32)20-11-23(28)18(3)29-13-20/h9-11,13,16,25H,4-8,12,14-15H2,1-3H3/t16-,25+/m0/s1. The number of piperazine rings is 1. The Hall–Kier alpha value is -2.71. The molecule has 0 unspecified atom stereocenters. The highest BCUT2D eigenvalue weighted by molar-refractivity contribution is 5.97. The van der Waals surface area contributed by atoms with Gasteiger partial charge in [0.15, 0.2) is 5.78 Å². The van der Waals surface area contributed by atoms with E-state index in [4.69, 9.17) is 4.74 Å². The number of halogens is 2. The van der Waals surface area contributed by atoms with E-state index >= 15 is 0 Å². The first kappa shape index (κ1) is 24.4. The van der Waals surface area contributed by atoms with E-state index in [-0.39, 0.29) is 41.5 Å². The number of hydrogen-bond acceptors (Lipinski definition) is 5. The molecular formula is C26H31F2N3O3. The minimum absolute atomic E-state index is 0.0269. The topological polar surface area (TPSA) is 62.7 Å². The van der Waals surface area contributed by atoms with Crippen LogP contribution in [0.4, 0.5) is 8.78 Å². The summed E-state index contributed by atoms with van der Waals surface area (Å²) in [5.74, 6) is -1.18. The van der Waals surface area contributed by atoms with E-state index in [1.165, 1.54) is 31.3 Å². The van der Waals surface area contributed by atoms with Crippen molar-refractivity contribution in [3.8, 4) is 0 Å². The van der Waals surface area contributed by atoms with Gasteiger partial charge in [0.2, 0.25) is 0 Å². The van der Waals surface area contributed by atoms with Gasteiger partial charge in [-0.3, -0.25) is 19.5 Å². The van der Waals surface area contributed by atoms with Crippen LogP contribution in [-0.4, -0.2) is 64.9 Å². The predicted octanol–water partition coefficient (Wildman–Crippen LogP) is 3.61. The summed E-state index contributed by atoms with van der Waals surface area (Å²) in [4.78, 5) is 33.5. The van der Waals surface area contributed by atoms with Crippen LogP contribution in [0.3, 0.4) is 0 Å². The van der Waals surface area contributed by atoms with Crippen molar-refractivity contribution < 1.29 is 23.1 Å². The number of aromatic nitrogens is 1. The lowest BCUT2D eigenvalue weighted by Crippen LogP contribution is -2.55. The molecule has 1 aromatic heterocycles. The summed E-state index contributed by atoms with van der Waals surface area (Å²) in [6, 6.07) is 4.09. The molecule has 2 aliphatic rings. The molecule has 1 amide bonds. The summed E-state index contributed by atoms with van der Waals surface area (Å²) < 4.78 is 33.9. The van der Waals surface area contributed by atoms with E-state index in [2.05, 4.69) is 9.88 Å². The van der Waals surface area contributed by atoms with Crippen molar-refractivity contribution >= 4 is 11.7 Å². The molecule has 6 nitrogen and oxygen atoms in total. The molecule has 182 valence electrons. The molecule has 8 heteroatoms. The Morgan fingerprint density at radius 1 is 1.15 bits per heavy atom. The Kier molecular flexibility index (Phi) is 7.38. The van der Waals surface area contributed by atoms with Crippen LogP contribution in [0.5, 0.6) is 0 Å². The summed E-state index contributed by atoms with van der Waals surface area (Å²) in [5.41, 5.74) is 2.64. The minimum atomic E-state index is -0.534. The third kappa shape index (κ3) is 5.33. The zero-order valence-electron chi connectivity index (χ0n) is 19.9. The second-order valence-electron chi connectivity index (χ2n) is 9.36. The Balaban J connectivity index is 1.43. The lowest BCUT2D eigenvalue weighted by molar-refractivity contribution is -0.145. The number of Topliss-reactive ketones (excluding diaryl/α,β-unsaturated/α-hetero) is 1. The van der Waals surface area contributed by atoms with Crippen molar-refractivity contribution in [1.29, 1.82) is 0 Å². The Bertz CT molecular complexity index is 1090. The van der Waals surface area contributed by atoms with E-state index < -0.39 is 11.6 Å². The van der Waals surface area contributed by atoms with Gasteiger partial charge >= 0.3 is 0 Å². The number of ketones is 1. The molecule has 2 aromatic rings. The zero-order chi connectivity index (χ0) is 24.4. The number of pyridine rings is 1. The number of aryl methyl sites for hydroxylation is 1. The molecule has 2 fully saturated rings. The number of hydrogen-bond donors (Lipinski definition) is 0. The number of ether oxygens (including phenoxy) is 1. The van der Waals surface area contributed by atoms with Gasteiger partial charge in [-0.05, 0) is 68.5 Å². The summed E-state index contributed by atoms with van der Waals surface area (Å²) in [6.45, 7) is 8.57. The Morgan fingerprint density at radius 3 is 2.59 bits per heavy atom. The van der Waals surface area contributed by atoms with Crippen LogP contribution in [0.25, 0.3) is 0 Å². The van der Waals surface area contributed by atoms with Crippen LogP contribution in [0, 0.1) is 25.5 Å². The molecule has 0 aliphatic carbocycles. The van der Waals surface area contributed by atoms with Gasteiger partial charge in [0.1, 0.15) is 17.7 Å². The quantitative estimate of drug-likeness (QED) is 0.603. The van der Waals surface area contributed by atoms with Crippen LogP contribution in [0.1, 0.15) is 52.5 Å². The van der Waals surface area contributed by atoms with Gasteiger partial charge in [-0.1, -0.05) is 0 Å². The monoisotopic (exact) mass is 471 g/mol. The molecule has 1 aromatic carbocycles. The molecular weight excluding hydrogens is 440 g/mol. The van der Waals surface area contributed by atoms with Gasteiger partial charge in [0.05, 0.1) is 5.69 Å². The third-order valence-corrected chi connectivity index (χ3v) is 6.88. The molecule has 0 radical (unpaired) electrons. The largest absolute Gasteiger partial charge is 0.368 e. The van der Waals surface area contributed by atoms with Crippen LogP contribution in [0.2, 0.25) is 0 Å². The average Bonchev–Trinajstić information content (AvgIpc) is 3.33. The summed E-state index contributed by atoms with van der Waals surface area (Å²) in [5, 5.41) is 0. The number of amides is 1. The van der Waals surface area contributed by atoms with Gasteiger partial charge in [-0.25, -0.2) is 8.78 Å². The second-order valence-corrected chi connectivity index (χ2v) is 9.36. The molecule has 0 bridgehead atoms. The lowest BCUT2D eigenvalue weighted by atomic mass is 9.95. The highest BCUT2D eigenvalue weighted by atomic mass is 19.1. The van der Waals surface area contributed by atoms with E-state index in [0.29, 0.717) is 38.3 Å². The number of nitrogens with zero attached hydrogens (tertiary/aromatic N) is 3. The van der Waals surface area contributed by atoms with Crippen LogP contribution >= 0.6 is 0 Å². The normalized spacial score (nSPS) is 21.1. The van der Waals surface area contributed by atoms with Gasteiger partial charge in [0.25, 0.3) is 5.91 Å². The second kappa shape index (κ2) is 10.3. The van der Waals surface area contributed by atoms with Crippen molar-refractivity contribution in [1.82, 2.24) is 14.8 Å². The number of rotatable bonds is 6. The minimum Gasteiger partial charge on any atom is -0.368 e. The van der Waals surface area contributed by atoms with Gasteiger partial charge in [-0.2, -0.15) is 0 Å². The maximum absolute atomic E-state index is 14.5. The average molecular weight is 472 g/mol. The lowest BCUT2D eigenvalue weighted by Gasteiger charge is -2.41. The van der Waals surface area contributed by atoms with Crippen molar-refractivity contribution in [3.05, 3.63) is 64.0 Å². The highest BCUT2D eigenvalue weighted by Gasteiger charge is 2.34. The fraction of sp³-hybridized carbons (Fsp3) is 0.500. The molecule has 0 saturated carbocycles. The number of benzene rings is 1. The molecule has 34 heavy (non-hydrogen) atoms. The van der Waals surface area contributed by atoms with Crippen LogP contribution in [0.15, 0.2) is 24.4 Å². The maximum atomic E-state index is 14.5. The van der Waals surface area contributed by atoms with E-state index in [9.17, 15) is 18.4 Å². The van der Waals surface area contributed by atoms with Gasteiger partial charge in [-0.15, -0.1) is 0 Å². The van der Waals surface area contributed by atoms with Gasteiger partial charge < -0.3 is 9.64 Å². The first-order valence-corrected chi connectivity index (χ1v) is 11.8. The van der Waals surface area contributed by atoms with Crippen molar-refractivity contribution in [3.63, 3.8) is 0 Å². The fourth-order valence-corrected chi connectivity index (χ4v) is 4.78. The van der Waals surface area contributed by atoms with E-state index in [1.54, 1.807) is 0 Å². The molecule has 3 heterocycles. The summed E-state index contributed by atoms with van der Waals surface area (Å²) in [7, 11) is 0. The molecule has 2 aliphatic heterocycles. The first-order chi connectivity index (χ1) is 16.2. The van der Waals surface area contributed by atoms with Crippen LogP contribution < -0.4 is 0 Å². The predicted molar refractivity (Wildman–Crippen MR) is 124 cm³/mol. The maximum Gasteiger partial charge on any atom is 0.252 e. The van der Waals surface area contributed by atoms with Gasteiger partial charge in [0, 0.05) is 57.0 Å². The molecule has 2 atom stereocenters. The smallest absolute Gasteiger partial charge is 0.252 e. The number of carbonyl (C=O) groups is 2. The Labute approximate surface area is 198 Å². The van der Waals surface area contributed by atoms with Crippen LogP contribution in [-0.2, 0) is 22.5 Å². The van der Waals surface area contributed by atoms with E-state index in [1.807, 2.05) is 18.7 Å². The molecule has 2 saturated heterocycles. The summed E-state index contributed by atoms with van der Waals surface area (Å²) in [6.07, 6.45) is 2.71. The van der Waals surface area contributed by atoms with Crippen molar-refractivity contribution in [2.24, 2.45) is 0 Å². The number of carbonyl (C=O) groups excluding carboxylic acids is 2. The van der Waals surface area contributed by atoms with Crippen molar-refractivity contribution in [2.75, 3.05) is 26.2 Å². The zero-order valence-corrected chi connectivity index (χ0v) is 19.9. The SMILES string of the molecule is Cc1ncc(C(=O)Cc2cc(F)cc(CN3CCN(C(=O)[C@H]4CCCO4)[C@@H](C)C3)c2C)cc1F. The Morgan fingerprint density at radius 2 is 1.91 bits per heavy atom. The first-order valence-electron chi connectivity index (χ1n) is 11.8.